The van der Waals surface area contributed by atoms with Gasteiger partial charge in [-0.15, -0.1) is 0 Å². The van der Waals surface area contributed by atoms with Gasteiger partial charge in [-0.3, -0.25) is 5.43 Å². The number of hydrazone groups is 1. The van der Waals surface area contributed by atoms with Crippen LogP contribution in [0.3, 0.4) is 0 Å². The molecule has 0 spiro atoms. The molecule has 0 aliphatic carbocycles. The Morgan fingerprint density at radius 3 is 2.80 bits per heavy atom. The smallest absolute Gasteiger partial charge is 0.184 e. The SMILES string of the molecule is CCOc1cc(/C=N\NC(N)=S)ccc1OCc1c(F)cccc1Cl. The van der Waals surface area contributed by atoms with Crippen molar-refractivity contribution in [2.45, 2.75) is 13.5 Å². The fourth-order valence-corrected chi connectivity index (χ4v) is 2.25. The standard InChI is InChI=1S/C17H17ClFN3O2S/c1-2-23-16-8-11(9-21-22-17(20)25)6-7-15(16)24-10-12-13(18)4-3-5-14(12)19/h3-9H,2,10H2,1H3,(H3,20,22,25)/b21-9-. The van der Waals surface area contributed by atoms with E-state index < -0.39 is 5.82 Å². The third-order valence-electron chi connectivity index (χ3n) is 3.09. The minimum atomic E-state index is -0.418. The summed E-state index contributed by atoms with van der Waals surface area (Å²) in [4.78, 5) is 0. The largest absolute Gasteiger partial charge is 0.490 e. The number of rotatable bonds is 7. The minimum absolute atomic E-state index is 0.0119. The highest BCUT2D eigenvalue weighted by Gasteiger charge is 2.11. The van der Waals surface area contributed by atoms with Gasteiger partial charge in [-0.2, -0.15) is 5.10 Å². The van der Waals surface area contributed by atoms with Crippen molar-refractivity contribution < 1.29 is 13.9 Å². The molecule has 3 N–H and O–H groups in total. The Morgan fingerprint density at radius 2 is 2.12 bits per heavy atom. The van der Waals surface area contributed by atoms with Gasteiger partial charge in [0.1, 0.15) is 12.4 Å². The molecule has 0 aromatic heterocycles. The van der Waals surface area contributed by atoms with Gasteiger partial charge in [-0.05, 0) is 55.0 Å². The van der Waals surface area contributed by atoms with Crippen molar-refractivity contribution in [1.29, 1.82) is 0 Å². The molecule has 0 fully saturated rings. The van der Waals surface area contributed by atoms with Crippen molar-refractivity contribution in [2.24, 2.45) is 10.8 Å². The lowest BCUT2D eigenvalue weighted by Crippen LogP contribution is -2.23. The molecule has 0 atom stereocenters. The normalized spacial score (nSPS) is 10.7. The first-order valence-electron chi connectivity index (χ1n) is 7.42. The maximum Gasteiger partial charge on any atom is 0.184 e. The molecule has 0 aliphatic heterocycles. The summed E-state index contributed by atoms with van der Waals surface area (Å²) in [6.45, 7) is 2.29. The molecule has 132 valence electrons. The summed E-state index contributed by atoms with van der Waals surface area (Å²) in [6, 6.07) is 9.71. The van der Waals surface area contributed by atoms with Crippen LogP contribution in [-0.2, 0) is 6.61 Å². The Balaban J connectivity index is 2.16. The Hall–Kier alpha value is -2.38. The van der Waals surface area contributed by atoms with Crippen molar-refractivity contribution in [3.05, 3.63) is 58.4 Å². The second-order valence-electron chi connectivity index (χ2n) is 4.86. The van der Waals surface area contributed by atoms with Crippen LogP contribution in [0.2, 0.25) is 5.02 Å². The van der Waals surface area contributed by atoms with Crippen molar-refractivity contribution in [3.63, 3.8) is 0 Å². The topological polar surface area (TPSA) is 68.9 Å². The van der Waals surface area contributed by atoms with Gasteiger partial charge in [0, 0.05) is 5.56 Å². The molecule has 2 aromatic carbocycles. The van der Waals surface area contributed by atoms with E-state index in [1.807, 2.05) is 6.92 Å². The number of thiocarbonyl (C=S) groups is 1. The molecule has 0 saturated heterocycles. The van der Waals surface area contributed by atoms with Crippen LogP contribution < -0.4 is 20.6 Å². The lowest BCUT2D eigenvalue weighted by Gasteiger charge is -2.13. The maximum absolute atomic E-state index is 13.8. The van der Waals surface area contributed by atoms with Crippen LogP contribution in [0.5, 0.6) is 11.5 Å². The third-order valence-corrected chi connectivity index (χ3v) is 3.54. The number of nitrogens with one attached hydrogen (secondary N) is 1. The second-order valence-corrected chi connectivity index (χ2v) is 5.71. The van der Waals surface area contributed by atoms with Gasteiger partial charge in [-0.25, -0.2) is 4.39 Å². The molecule has 0 heterocycles. The summed E-state index contributed by atoms with van der Waals surface area (Å²) in [7, 11) is 0. The number of ether oxygens (including phenoxy) is 2. The number of hydrogen-bond donors (Lipinski definition) is 2. The molecule has 2 aromatic rings. The predicted molar refractivity (Wildman–Crippen MR) is 101 cm³/mol. The predicted octanol–water partition coefficient (Wildman–Crippen LogP) is 3.62. The van der Waals surface area contributed by atoms with Crippen LogP contribution in [-0.4, -0.2) is 17.9 Å². The van der Waals surface area contributed by atoms with E-state index in [1.54, 1.807) is 36.5 Å². The Labute approximate surface area is 155 Å². The fourth-order valence-electron chi connectivity index (χ4n) is 1.98. The van der Waals surface area contributed by atoms with Crippen molar-refractivity contribution in [2.75, 3.05) is 6.61 Å². The van der Waals surface area contributed by atoms with E-state index in [1.165, 1.54) is 6.07 Å². The van der Waals surface area contributed by atoms with Gasteiger partial charge in [-0.1, -0.05) is 17.7 Å². The van der Waals surface area contributed by atoms with E-state index >= 15 is 0 Å². The summed E-state index contributed by atoms with van der Waals surface area (Å²) >= 11 is 10.7. The molecule has 25 heavy (non-hydrogen) atoms. The van der Waals surface area contributed by atoms with Crippen LogP contribution in [0.1, 0.15) is 18.1 Å². The highest BCUT2D eigenvalue weighted by Crippen LogP contribution is 2.30. The van der Waals surface area contributed by atoms with E-state index in [0.29, 0.717) is 23.1 Å². The summed E-state index contributed by atoms with van der Waals surface area (Å²) in [6.07, 6.45) is 1.54. The summed E-state index contributed by atoms with van der Waals surface area (Å²) < 4.78 is 25.1. The number of nitrogens with zero attached hydrogens (tertiary/aromatic N) is 1. The summed E-state index contributed by atoms with van der Waals surface area (Å²) in [5.41, 5.74) is 8.81. The molecule has 2 rings (SSSR count). The average molecular weight is 382 g/mol. The average Bonchev–Trinajstić information content (AvgIpc) is 2.56. The molecule has 5 nitrogen and oxygen atoms in total. The first-order valence-corrected chi connectivity index (χ1v) is 8.21. The molecule has 0 amide bonds. The van der Waals surface area contributed by atoms with Crippen LogP contribution in [0.15, 0.2) is 41.5 Å². The van der Waals surface area contributed by atoms with E-state index in [4.69, 9.17) is 26.8 Å². The quantitative estimate of drug-likeness (QED) is 0.435. The first-order chi connectivity index (χ1) is 12.0. The van der Waals surface area contributed by atoms with Crippen LogP contribution in [0.25, 0.3) is 0 Å². The molecular formula is C17H17ClFN3O2S. The zero-order valence-corrected chi connectivity index (χ0v) is 15.0. The number of nitrogens with two attached hydrogens (primary N) is 1. The van der Waals surface area contributed by atoms with E-state index in [9.17, 15) is 4.39 Å². The summed E-state index contributed by atoms with van der Waals surface area (Å²) in [5, 5.41) is 4.27. The fraction of sp³-hybridized carbons (Fsp3) is 0.176. The summed E-state index contributed by atoms with van der Waals surface area (Å²) in [5.74, 6) is 0.563. The maximum atomic E-state index is 13.8. The van der Waals surface area contributed by atoms with Crippen LogP contribution in [0.4, 0.5) is 4.39 Å². The van der Waals surface area contributed by atoms with E-state index in [0.717, 1.165) is 5.56 Å². The molecule has 8 heteroatoms. The number of halogens is 2. The van der Waals surface area contributed by atoms with E-state index in [2.05, 4.69) is 22.7 Å². The van der Waals surface area contributed by atoms with E-state index in [-0.39, 0.29) is 17.3 Å². The second kappa shape index (κ2) is 9.19. The zero-order chi connectivity index (χ0) is 18.2. The Kier molecular flexibility index (Phi) is 6.97. The molecule has 0 aliphatic rings. The highest BCUT2D eigenvalue weighted by molar-refractivity contribution is 7.80. The zero-order valence-electron chi connectivity index (χ0n) is 13.5. The monoisotopic (exact) mass is 381 g/mol. The van der Waals surface area contributed by atoms with Gasteiger partial charge in [0.2, 0.25) is 0 Å². The molecule has 0 saturated carbocycles. The van der Waals surface area contributed by atoms with Gasteiger partial charge in [0.05, 0.1) is 17.8 Å². The Morgan fingerprint density at radius 1 is 1.32 bits per heavy atom. The van der Waals surface area contributed by atoms with Crippen molar-refractivity contribution in [1.82, 2.24) is 5.43 Å². The van der Waals surface area contributed by atoms with Crippen molar-refractivity contribution >= 4 is 35.1 Å². The highest BCUT2D eigenvalue weighted by atomic mass is 35.5. The molecule has 0 bridgehead atoms. The van der Waals surface area contributed by atoms with Crippen molar-refractivity contribution in [3.8, 4) is 11.5 Å². The van der Waals surface area contributed by atoms with Crippen LogP contribution >= 0.6 is 23.8 Å². The number of hydrogen-bond acceptors (Lipinski definition) is 4. The van der Waals surface area contributed by atoms with Gasteiger partial charge in [0.25, 0.3) is 0 Å². The molecule has 0 unspecified atom stereocenters. The third kappa shape index (κ3) is 5.58. The lowest BCUT2D eigenvalue weighted by molar-refractivity contribution is 0.266. The first kappa shape index (κ1) is 19.0. The minimum Gasteiger partial charge on any atom is -0.490 e. The molecule has 0 radical (unpaired) electrons. The van der Waals surface area contributed by atoms with Gasteiger partial charge < -0.3 is 15.2 Å². The Bertz CT molecular complexity index is 766. The van der Waals surface area contributed by atoms with Gasteiger partial charge >= 0.3 is 0 Å². The lowest BCUT2D eigenvalue weighted by atomic mass is 10.2. The molecular weight excluding hydrogens is 365 g/mol. The number of benzene rings is 2. The van der Waals surface area contributed by atoms with Gasteiger partial charge in [0.15, 0.2) is 16.6 Å². The van der Waals surface area contributed by atoms with Crippen LogP contribution in [0, 0.1) is 5.82 Å².